The van der Waals surface area contributed by atoms with E-state index in [9.17, 15) is 0 Å². The van der Waals surface area contributed by atoms with Crippen molar-refractivity contribution in [2.24, 2.45) is 29.6 Å². The van der Waals surface area contributed by atoms with Crippen LogP contribution < -0.4 is 5.32 Å². The summed E-state index contributed by atoms with van der Waals surface area (Å²) in [5, 5.41) is 3.63. The van der Waals surface area contributed by atoms with Crippen LogP contribution in [-0.2, 0) is 0 Å². The summed E-state index contributed by atoms with van der Waals surface area (Å²) < 4.78 is 0. The van der Waals surface area contributed by atoms with Crippen LogP contribution in [0.5, 0.6) is 0 Å². The molecule has 0 aromatic carbocycles. The first-order valence-electron chi connectivity index (χ1n) is 6.37. The Morgan fingerprint density at radius 1 is 1.14 bits per heavy atom. The van der Waals surface area contributed by atoms with Crippen LogP contribution in [-0.4, -0.2) is 13.1 Å². The summed E-state index contributed by atoms with van der Waals surface area (Å²) in [5.74, 6) is 4.97. The highest BCUT2D eigenvalue weighted by atomic mass is 14.9. The van der Waals surface area contributed by atoms with Crippen LogP contribution in [0.15, 0.2) is 0 Å². The van der Waals surface area contributed by atoms with Crippen molar-refractivity contribution < 1.29 is 0 Å². The second-order valence-corrected chi connectivity index (χ2v) is 6.02. The van der Waals surface area contributed by atoms with Crippen LogP contribution in [0.1, 0.15) is 40.0 Å². The van der Waals surface area contributed by atoms with Crippen LogP contribution in [0.25, 0.3) is 0 Å². The van der Waals surface area contributed by atoms with Gasteiger partial charge in [0.1, 0.15) is 0 Å². The molecule has 82 valence electrons. The molecule has 0 aromatic rings. The molecule has 3 aliphatic carbocycles. The zero-order valence-electron chi connectivity index (χ0n) is 9.92. The average molecular weight is 195 g/mol. The van der Waals surface area contributed by atoms with Gasteiger partial charge < -0.3 is 5.32 Å². The molecule has 0 saturated heterocycles. The Morgan fingerprint density at radius 2 is 1.86 bits per heavy atom. The molecule has 3 saturated carbocycles. The molecule has 1 N–H and O–H groups in total. The van der Waals surface area contributed by atoms with E-state index < -0.39 is 0 Å². The van der Waals surface area contributed by atoms with Gasteiger partial charge in [0.15, 0.2) is 0 Å². The molecule has 0 heterocycles. The number of nitrogens with one attached hydrogen (secondary N) is 1. The molecule has 2 bridgehead atoms. The Kier molecular flexibility index (Phi) is 3.16. The SMILES string of the molecule is CC(C)CNCC1CC(C)C2CC1C2. The normalized spacial score (nSPS) is 41.1. The molecule has 1 heteroatoms. The Hall–Kier alpha value is -0.0400. The van der Waals surface area contributed by atoms with Crippen LogP contribution in [0.4, 0.5) is 0 Å². The molecule has 3 fully saturated rings. The lowest BCUT2D eigenvalue weighted by molar-refractivity contribution is 0.00277. The Labute approximate surface area is 88.7 Å². The van der Waals surface area contributed by atoms with E-state index in [0.29, 0.717) is 0 Å². The third-order valence-electron chi connectivity index (χ3n) is 4.32. The minimum Gasteiger partial charge on any atom is -0.316 e. The Balaban J connectivity index is 1.70. The first-order valence-corrected chi connectivity index (χ1v) is 6.37. The molecule has 2 unspecified atom stereocenters. The zero-order valence-corrected chi connectivity index (χ0v) is 9.92. The van der Waals surface area contributed by atoms with Gasteiger partial charge in [-0.25, -0.2) is 0 Å². The van der Waals surface area contributed by atoms with E-state index in [1.165, 1.54) is 32.4 Å². The Bertz CT molecular complexity index is 182. The summed E-state index contributed by atoms with van der Waals surface area (Å²) in [6, 6.07) is 0. The van der Waals surface area contributed by atoms with Crippen molar-refractivity contribution in [3.63, 3.8) is 0 Å². The van der Waals surface area contributed by atoms with Crippen LogP contribution in [0.2, 0.25) is 0 Å². The third kappa shape index (κ3) is 2.13. The second-order valence-electron chi connectivity index (χ2n) is 6.02. The van der Waals surface area contributed by atoms with Gasteiger partial charge in [-0.1, -0.05) is 20.8 Å². The first kappa shape index (κ1) is 10.5. The van der Waals surface area contributed by atoms with Crippen molar-refractivity contribution in [1.82, 2.24) is 5.32 Å². The highest BCUT2D eigenvalue weighted by Gasteiger charge is 2.43. The summed E-state index contributed by atoms with van der Waals surface area (Å²) in [7, 11) is 0. The van der Waals surface area contributed by atoms with Gasteiger partial charge in [-0.15, -0.1) is 0 Å². The van der Waals surface area contributed by atoms with Gasteiger partial charge >= 0.3 is 0 Å². The van der Waals surface area contributed by atoms with Crippen molar-refractivity contribution in [1.29, 1.82) is 0 Å². The van der Waals surface area contributed by atoms with Gasteiger partial charge in [0.05, 0.1) is 0 Å². The molecule has 0 aliphatic heterocycles. The van der Waals surface area contributed by atoms with E-state index in [-0.39, 0.29) is 0 Å². The summed E-state index contributed by atoms with van der Waals surface area (Å²) >= 11 is 0. The van der Waals surface area contributed by atoms with E-state index in [1.807, 2.05) is 0 Å². The smallest absolute Gasteiger partial charge is 0.00176 e. The fourth-order valence-corrected chi connectivity index (χ4v) is 3.23. The van der Waals surface area contributed by atoms with Gasteiger partial charge in [0.2, 0.25) is 0 Å². The van der Waals surface area contributed by atoms with E-state index in [0.717, 1.165) is 29.6 Å². The average Bonchev–Trinajstić information content (AvgIpc) is 1.99. The number of hydrogen-bond donors (Lipinski definition) is 1. The van der Waals surface area contributed by atoms with Gasteiger partial charge in [-0.3, -0.25) is 0 Å². The quantitative estimate of drug-likeness (QED) is 0.727. The van der Waals surface area contributed by atoms with Gasteiger partial charge in [0.25, 0.3) is 0 Å². The molecule has 0 radical (unpaired) electrons. The maximum atomic E-state index is 3.63. The maximum Gasteiger partial charge on any atom is -0.00176 e. The maximum absolute atomic E-state index is 3.63. The minimum atomic E-state index is 0.796. The summed E-state index contributed by atoms with van der Waals surface area (Å²) in [6.07, 6.45) is 4.56. The fourth-order valence-electron chi connectivity index (χ4n) is 3.23. The minimum absolute atomic E-state index is 0.796. The van der Waals surface area contributed by atoms with Crippen LogP contribution >= 0.6 is 0 Å². The van der Waals surface area contributed by atoms with Crippen molar-refractivity contribution in [2.75, 3.05) is 13.1 Å². The van der Waals surface area contributed by atoms with E-state index in [2.05, 4.69) is 26.1 Å². The highest BCUT2D eigenvalue weighted by Crippen LogP contribution is 2.51. The predicted molar refractivity (Wildman–Crippen MR) is 61.2 cm³/mol. The third-order valence-corrected chi connectivity index (χ3v) is 4.32. The van der Waals surface area contributed by atoms with Gasteiger partial charge in [0, 0.05) is 0 Å². The standard InChI is InChI=1S/C13H25N/c1-9(2)7-14-8-13-4-10(3)11-5-12(13)6-11/h9-14H,4-8H2,1-3H3. The predicted octanol–water partition coefficient (Wildman–Crippen LogP) is 2.91. The molecular formula is C13H25N. The molecule has 14 heavy (non-hydrogen) atoms. The van der Waals surface area contributed by atoms with Gasteiger partial charge in [-0.05, 0) is 61.9 Å². The van der Waals surface area contributed by atoms with Crippen molar-refractivity contribution in [2.45, 2.75) is 40.0 Å². The van der Waals surface area contributed by atoms with E-state index in [1.54, 1.807) is 0 Å². The molecule has 0 amide bonds. The highest BCUT2D eigenvalue weighted by molar-refractivity contribution is 4.94. The summed E-state index contributed by atoms with van der Waals surface area (Å²) in [6.45, 7) is 9.50. The zero-order chi connectivity index (χ0) is 10.1. The van der Waals surface area contributed by atoms with Crippen LogP contribution in [0.3, 0.4) is 0 Å². The number of rotatable bonds is 4. The lowest BCUT2D eigenvalue weighted by Crippen LogP contribution is -2.45. The molecule has 3 rings (SSSR count). The number of fused-ring (bicyclic) bond motifs is 2. The van der Waals surface area contributed by atoms with Crippen LogP contribution in [0, 0.1) is 29.6 Å². The molecule has 2 atom stereocenters. The lowest BCUT2D eigenvalue weighted by atomic mass is 9.56. The largest absolute Gasteiger partial charge is 0.316 e. The molecular weight excluding hydrogens is 170 g/mol. The second kappa shape index (κ2) is 4.22. The molecule has 3 aliphatic rings. The fraction of sp³-hybridized carbons (Fsp3) is 1.00. The van der Waals surface area contributed by atoms with E-state index >= 15 is 0 Å². The first-order chi connectivity index (χ1) is 6.66. The molecule has 1 nitrogen and oxygen atoms in total. The summed E-state index contributed by atoms with van der Waals surface area (Å²) in [4.78, 5) is 0. The van der Waals surface area contributed by atoms with E-state index in [4.69, 9.17) is 0 Å². The van der Waals surface area contributed by atoms with Gasteiger partial charge in [-0.2, -0.15) is 0 Å². The summed E-state index contributed by atoms with van der Waals surface area (Å²) in [5.41, 5.74) is 0. The lowest BCUT2D eigenvalue weighted by Gasteiger charge is -2.50. The monoisotopic (exact) mass is 195 g/mol. The topological polar surface area (TPSA) is 12.0 Å². The van der Waals surface area contributed by atoms with Crippen molar-refractivity contribution in [3.05, 3.63) is 0 Å². The van der Waals surface area contributed by atoms with Crippen molar-refractivity contribution >= 4 is 0 Å². The molecule has 0 spiro atoms. The Morgan fingerprint density at radius 3 is 2.43 bits per heavy atom. The number of hydrogen-bond acceptors (Lipinski definition) is 1. The van der Waals surface area contributed by atoms with Crippen molar-refractivity contribution in [3.8, 4) is 0 Å². The molecule has 0 aromatic heterocycles.